The molecule has 0 aromatic heterocycles. The molecular formula is C17H16N2O5. The second-order valence-corrected chi connectivity index (χ2v) is 5.61. The van der Waals surface area contributed by atoms with Crippen LogP contribution < -0.4 is 0 Å². The molecule has 1 unspecified atom stereocenters. The number of fused-ring (bicyclic) bond motifs is 1. The van der Waals surface area contributed by atoms with Crippen molar-refractivity contribution in [1.29, 1.82) is 0 Å². The summed E-state index contributed by atoms with van der Waals surface area (Å²) in [5.74, 6) is -0.897. The number of phenols is 1. The fourth-order valence-electron chi connectivity index (χ4n) is 3.06. The zero-order chi connectivity index (χ0) is 17.3. The van der Waals surface area contributed by atoms with Crippen LogP contribution >= 0.6 is 0 Å². The summed E-state index contributed by atoms with van der Waals surface area (Å²) in [6.07, 6.45) is 0.651. The number of nitro groups is 1. The third-order valence-electron chi connectivity index (χ3n) is 4.27. The zero-order valence-corrected chi connectivity index (χ0v) is 12.8. The van der Waals surface area contributed by atoms with Crippen LogP contribution in [-0.2, 0) is 6.42 Å². The molecule has 1 amide bonds. The Morgan fingerprint density at radius 2 is 2.04 bits per heavy atom. The minimum Gasteiger partial charge on any atom is -0.502 e. The van der Waals surface area contributed by atoms with Crippen LogP contribution in [0.1, 0.15) is 27.5 Å². The maximum absolute atomic E-state index is 12.8. The quantitative estimate of drug-likeness (QED) is 0.663. The Labute approximate surface area is 137 Å². The van der Waals surface area contributed by atoms with Crippen molar-refractivity contribution in [3.63, 3.8) is 0 Å². The molecule has 0 saturated carbocycles. The van der Waals surface area contributed by atoms with Gasteiger partial charge in [-0.25, -0.2) is 0 Å². The lowest BCUT2D eigenvalue weighted by Crippen LogP contribution is -2.41. The Morgan fingerprint density at radius 3 is 2.75 bits per heavy atom. The van der Waals surface area contributed by atoms with Crippen LogP contribution in [0.5, 0.6) is 5.75 Å². The number of amides is 1. The normalized spacial score (nSPS) is 16.5. The van der Waals surface area contributed by atoms with Gasteiger partial charge in [0.1, 0.15) is 0 Å². The smallest absolute Gasteiger partial charge is 0.311 e. The first kappa shape index (κ1) is 15.9. The van der Waals surface area contributed by atoms with Gasteiger partial charge in [-0.15, -0.1) is 0 Å². The SMILES string of the molecule is O=C(c1ccc(O)c([N+](=O)[O-])c1)N1CCc2ccccc2C1CO. The van der Waals surface area contributed by atoms with Gasteiger partial charge in [0.2, 0.25) is 0 Å². The van der Waals surface area contributed by atoms with Crippen LogP contribution in [0.4, 0.5) is 5.69 Å². The third kappa shape index (κ3) is 2.69. The van der Waals surface area contributed by atoms with E-state index in [1.54, 1.807) is 0 Å². The van der Waals surface area contributed by atoms with E-state index < -0.39 is 28.3 Å². The van der Waals surface area contributed by atoms with E-state index in [0.29, 0.717) is 13.0 Å². The summed E-state index contributed by atoms with van der Waals surface area (Å²) in [5.41, 5.74) is 1.56. The van der Waals surface area contributed by atoms with E-state index in [-0.39, 0.29) is 12.2 Å². The van der Waals surface area contributed by atoms with Crippen molar-refractivity contribution in [3.05, 3.63) is 69.3 Å². The number of benzene rings is 2. The molecule has 124 valence electrons. The van der Waals surface area contributed by atoms with Gasteiger partial charge in [-0.3, -0.25) is 14.9 Å². The fraction of sp³-hybridized carbons (Fsp3) is 0.235. The average molecular weight is 328 g/mol. The molecule has 0 radical (unpaired) electrons. The fourth-order valence-corrected chi connectivity index (χ4v) is 3.06. The molecule has 7 heteroatoms. The Hall–Kier alpha value is -2.93. The first-order chi connectivity index (χ1) is 11.5. The lowest BCUT2D eigenvalue weighted by molar-refractivity contribution is -0.385. The first-order valence-corrected chi connectivity index (χ1v) is 7.50. The second-order valence-electron chi connectivity index (χ2n) is 5.61. The predicted molar refractivity (Wildman–Crippen MR) is 85.8 cm³/mol. The van der Waals surface area contributed by atoms with E-state index in [4.69, 9.17) is 0 Å². The molecule has 1 atom stereocenters. The molecule has 1 heterocycles. The van der Waals surface area contributed by atoms with Crippen molar-refractivity contribution < 1.29 is 19.9 Å². The molecule has 2 aromatic rings. The third-order valence-corrected chi connectivity index (χ3v) is 4.27. The van der Waals surface area contributed by atoms with Gasteiger partial charge in [0.25, 0.3) is 5.91 Å². The van der Waals surface area contributed by atoms with Crippen molar-refractivity contribution in [2.45, 2.75) is 12.5 Å². The van der Waals surface area contributed by atoms with Crippen molar-refractivity contribution in [2.75, 3.05) is 13.2 Å². The zero-order valence-electron chi connectivity index (χ0n) is 12.8. The molecule has 0 fully saturated rings. The minimum atomic E-state index is -0.735. The van der Waals surface area contributed by atoms with Crippen molar-refractivity contribution in [1.82, 2.24) is 4.90 Å². The lowest BCUT2D eigenvalue weighted by atomic mass is 9.92. The summed E-state index contributed by atoms with van der Waals surface area (Å²) in [5, 5.41) is 30.2. The van der Waals surface area contributed by atoms with Crippen LogP contribution in [0.3, 0.4) is 0 Å². The molecule has 1 aliphatic rings. The van der Waals surface area contributed by atoms with Crippen molar-refractivity contribution in [2.24, 2.45) is 0 Å². The number of aromatic hydroxyl groups is 1. The molecule has 0 saturated heterocycles. The Kier molecular flexibility index (Phi) is 4.18. The van der Waals surface area contributed by atoms with Crippen LogP contribution in [0, 0.1) is 10.1 Å². The summed E-state index contributed by atoms with van der Waals surface area (Å²) in [6.45, 7) is 0.179. The molecule has 0 aliphatic carbocycles. The Bertz CT molecular complexity index is 805. The van der Waals surface area contributed by atoms with Crippen LogP contribution in [-0.4, -0.2) is 39.1 Å². The highest BCUT2D eigenvalue weighted by molar-refractivity contribution is 5.95. The van der Waals surface area contributed by atoms with Gasteiger partial charge in [-0.05, 0) is 29.7 Å². The largest absolute Gasteiger partial charge is 0.502 e. The molecule has 7 nitrogen and oxygen atoms in total. The van der Waals surface area contributed by atoms with Gasteiger partial charge >= 0.3 is 5.69 Å². The Balaban J connectivity index is 1.96. The molecular weight excluding hydrogens is 312 g/mol. The number of nitrogens with zero attached hydrogens (tertiary/aromatic N) is 2. The van der Waals surface area contributed by atoms with Crippen molar-refractivity contribution in [3.8, 4) is 5.75 Å². The summed E-state index contributed by atoms with van der Waals surface area (Å²) in [7, 11) is 0. The van der Waals surface area contributed by atoms with E-state index in [0.717, 1.165) is 23.3 Å². The van der Waals surface area contributed by atoms with E-state index in [1.165, 1.54) is 11.0 Å². The number of carbonyl (C=O) groups excluding carboxylic acids is 1. The number of aliphatic hydroxyl groups is 1. The standard InChI is InChI=1S/C17H16N2O5/c20-10-15-13-4-2-1-3-11(13)7-8-18(15)17(22)12-5-6-16(21)14(9-12)19(23)24/h1-6,9,15,20-21H,7-8,10H2. The van der Waals surface area contributed by atoms with E-state index in [9.17, 15) is 25.1 Å². The molecule has 1 aliphatic heterocycles. The number of carbonyl (C=O) groups is 1. The number of hydrogen-bond acceptors (Lipinski definition) is 5. The molecule has 2 N–H and O–H groups in total. The second kappa shape index (κ2) is 6.29. The molecule has 3 rings (SSSR count). The first-order valence-electron chi connectivity index (χ1n) is 7.50. The van der Waals surface area contributed by atoms with Gasteiger partial charge in [-0.2, -0.15) is 0 Å². The topological polar surface area (TPSA) is 104 Å². The van der Waals surface area contributed by atoms with Gasteiger partial charge in [0, 0.05) is 18.2 Å². The van der Waals surface area contributed by atoms with E-state index >= 15 is 0 Å². The summed E-state index contributed by atoms with van der Waals surface area (Å²) in [6, 6.07) is 10.6. The highest BCUT2D eigenvalue weighted by Crippen LogP contribution is 2.32. The lowest BCUT2D eigenvalue weighted by Gasteiger charge is -2.36. The van der Waals surface area contributed by atoms with Crippen LogP contribution in [0.25, 0.3) is 0 Å². The molecule has 24 heavy (non-hydrogen) atoms. The van der Waals surface area contributed by atoms with Gasteiger partial charge < -0.3 is 15.1 Å². The van der Waals surface area contributed by atoms with E-state index in [2.05, 4.69) is 0 Å². The Morgan fingerprint density at radius 1 is 1.29 bits per heavy atom. The summed E-state index contributed by atoms with van der Waals surface area (Å²) < 4.78 is 0. The predicted octanol–water partition coefficient (Wildman–Crippen LogP) is 2.03. The summed E-state index contributed by atoms with van der Waals surface area (Å²) in [4.78, 5) is 24.5. The van der Waals surface area contributed by atoms with Crippen LogP contribution in [0.2, 0.25) is 0 Å². The highest BCUT2D eigenvalue weighted by Gasteiger charge is 2.31. The number of aliphatic hydroxyl groups excluding tert-OH is 1. The number of phenolic OH excluding ortho intramolecular Hbond substituents is 1. The number of rotatable bonds is 3. The van der Waals surface area contributed by atoms with Crippen LogP contribution in [0.15, 0.2) is 42.5 Å². The maximum Gasteiger partial charge on any atom is 0.311 e. The van der Waals surface area contributed by atoms with Gasteiger partial charge in [0.15, 0.2) is 5.75 Å². The molecule has 2 aromatic carbocycles. The average Bonchev–Trinajstić information content (AvgIpc) is 2.60. The number of hydrogen-bond donors (Lipinski definition) is 2. The van der Waals surface area contributed by atoms with Crippen molar-refractivity contribution >= 4 is 11.6 Å². The molecule has 0 spiro atoms. The summed E-state index contributed by atoms with van der Waals surface area (Å²) >= 11 is 0. The van der Waals surface area contributed by atoms with E-state index in [1.807, 2.05) is 24.3 Å². The minimum absolute atomic E-state index is 0.109. The highest BCUT2D eigenvalue weighted by atomic mass is 16.6. The van der Waals surface area contributed by atoms with Gasteiger partial charge in [0.05, 0.1) is 17.6 Å². The monoisotopic (exact) mass is 328 g/mol. The molecule has 0 bridgehead atoms. The number of nitro benzene ring substituents is 1. The van der Waals surface area contributed by atoms with Gasteiger partial charge in [-0.1, -0.05) is 24.3 Å². The maximum atomic E-state index is 12.8.